The summed E-state index contributed by atoms with van der Waals surface area (Å²) in [6.45, 7) is 4.06. The van der Waals surface area contributed by atoms with Crippen molar-refractivity contribution in [3.8, 4) is 5.75 Å². The average molecular weight is 347 g/mol. The first-order valence-corrected chi connectivity index (χ1v) is 9.82. The minimum Gasteiger partial charge on any atom is -0.531 e. The highest BCUT2D eigenvalue weighted by Gasteiger charge is 2.38. The number of nitro benzene ring substituents is 1. The molecule has 0 bridgehead atoms. The van der Waals surface area contributed by atoms with Crippen LogP contribution in [0.2, 0.25) is 0 Å². The molecular weight excluding hydrogens is 330 g/mol. The van der Waals surface area contributed by atoms with Gasteiger partial charge in [-0.3, -0.25) is 10.1 Å². The maximum Gasteiger partial charge on any atom is 0.339 e. The van der Waals surface area contributed by atoms with Gasteiger partial charge in [0.1, 0.15) is 5.75 Å². The average Bonchev–Trinajstić information content (AvgIpc) is 2.68. The minimum absolute atomic E-state index is 0.0395. The summed E-state index contributed by atoms with van der Waals surface area (Å²) >= 11 is 0. The number of benzene rings is 3. The molecule has 3 aromatic carbocycles. The monoisotopic (exact) mass is 347 g/mol. The van der Waals surface area contributed by atoms with Gasteiger partial charge in [0.2, 0.25) is 0 Å². The molecule has 0 aliphatic carbocycles. The quantitative estimate of drug-likeness (QED) is 0.390. The molecule has 0 fully saturated rings. The first kappa shape index (κ1) is 16.7. The normalized spacial score (nSPS) is 10.9. The van der Waals surface area contributed by atoms with Gasteiger partial charge in [0.05, 0.1) is 4.92 Å². The molecule has 25 heavy (non-hydrogen) atoms. The van der Waals surface area contributed by atoms with Crippen LogP contribution in [0.15, 0.2) is 97.2 Å². The molecule has 3 rings (SSSR count). The summed E-state index contributed by atoms with van der Waals surface area (Å²) in [4.78, 5) is 10.4. The van der Waals surface area contributed by atoms with Gasteiger partial charge in [0.25, 0.3) is 5.69 Å². The summed E-state index contributed by atoms with van der Waals surface area (Å²) in [7, 11) is -2.71. The van der Waals surface area contributed by atoms with Gasteiger partial charge in [-0.05, 0) is 22.5 Å². The molecule has 0 heterocycles. The van der Waals surface area contributed by atoms with Crippen molar-refractivity contribution in [1.29, 1.82) is 0 Å². The van der Waals surface area contributed by atoms with E-state index in [9.17, 15) is 10.1 Å². The lowest BCUT2D eigenvalue weighted by atomic mass is 10.3. The molecule has 0 saturated carbocycles. The molecule has 0 N–H and O–H groups in total. The van der Waals surface area contributed by atoms with Crippen molar-refractivity contribution in [2.24, 2.45) is 0 Å². The van der Waals surface area contributed by atoms with Crippen LogP contribution in [0.4, 0.5) is 5.69 Å². The molecule has 5 heteroatoms. The van der Waals surface area contributed by atoms with Gasteiger partial charge in [-0.1, -0.05) is 66.4 Å². The molecule has 0 spiro atoms. The Morgan fingerprint density at radius 3 is 1.72 bits per heavy atom. The molecule has 0 aliphatic rings. The molecule has 4 nitrogen and oxygen atoms in total. The molecule has 0 amide bonds. The van der Waals surface area contributed by atoms with Gasteiger partial charge in [-0.2, -0.15) is 0 Å². The molecule has 0 saturated heterocycles. The van der Waals surface area contributed by atoms with E-state index in [1.54, 1.807) is 12.1 Å². The van der Waals surface area contributed by atoms with Crippen molar-refractivity contribution in [2.45, 2.75) is 0 Å². The Bertz CT molecular complexity index is 825. The van der Waals surface area contributed by atoms with Gasteiger partial charge in [0, 0.05) is 12.1 Å². The zero-order chi connectivity index (χ0) is 17.7. The molecule has 0 radical (unpaired) electrons. The van der Waals surface area contributed by atoms with E-state index in [1.807, 2.05) is 66.4 Å². The van der Waals surface area contributed by atoms with E-state index in [2.05, 4.69) is 6.58 Å². The fraction of sp³-hybridized carbons (Fsp3) is 0. The zero-order valence-corrected chi connectivity index (χ0v) is 14.5. The predicted octanol–water partition coefficient (Wildman–Crippen LogP) is 3.46. The van der Waals surface area contributed by atoms with Crippen LogP contribution in [-0.4, -0.2) is 13.2 Å². The van der Waals surface area contributed by atoms with Gasteiger partial charge >= 0.3 is 8.32 Å². The highest BCUT2D eigenvalue weighted by atomic mass is 28.4. The second-order valence-electron chi connectivity index (χ2n) is 5.52. The van der Waals surface area contributed by atoms with Gasteiger partial charge in [0.15, 0.2) is 0 Å². The number of nitro groups is 1. The van der Waals surface area contributed by atoms with E-state index < -0.39 is 13.2 Å². The summed E-state index contributed by atoms with van der Waals surface area (Å²) in [6, 6.07) is 26.1. The highest BCUT2D eigenvalue weighted by molar-refractivity contribution is 7.01. The van der Waals surface area contributed by atoms with Gasteiger partial charge in [-0.15, -0.1) is 6.58 Å². The van der Waals surface area contributed by atoms with Gasteiger partial charge in [-0.25, -0.2) is 0 Å². The SMILES string of the molecule is C=C[Si](Oc1ccc([N+](=O)[O-])cc1)(c1ccccc1)c1ccccc1. The molecule has 0 aliphatic heterocycles. The van der Waals surface area contributed by atoms with Crippen molar-refractivity contribution in [3.63, 3.8) is 0 Å². The molecular formula is C20H17NO3Si. The number of non-ortho nitro benzene ring substituents is 1. The molecule has 0 atom stereocenters. The number of hydrogen-bond donors (Lipinski definition) is 0. The Kier molecular flexibility index (Phi) is 4.77. The smallest absolute Gasteiger partial charge is 0.339 e. The van der Waals surface area contributed by atoms with E-state index in [0.717, 1.165) is 10.4 Å². The predicted molar refractivity (Wildman–Crippen MR) is 102 cm³/mol. The van der Waals surface area contributed by atoms with Crippen LogP contribution in [0.5, 0.6) is 5.75 Å². The summed E-state index contributed by atoms with van der Waals surface area (Å²) in [6.07, 6.45) is 0. The fourth-order valence-electron chi connectivity index (χ4n) is 2.76. The summed E-state index contributed by atoms with van der Waals surface area (Å²) in [5.74, 6) is 0.588. The third-order valence-corrected chi connectivity index (χ3v) is 7.53. The van der Waals surface area contributed by atoms with Gasteiger partial charge < -0.3 is 4.43 Å². The van der Waals surface area contributed by atoms with Crippen LogP contribution in [0.25, 0.3) is 0 Å². The van der Waals surface area contributed by atoms with E-state index >= 15 is 0 Å². The van der Waals surface area contributed by atoms with Crippen molar-refractivity contribution < 1.29 is 9.35 Å². The van der Waals surface area contributed by atoms with Crippen molar-refractivity contribution >= 4 is 24.4 Å². The lowest BCUT2D eigenvalue weighted by Gasteiger charge is -2.30. The van der Waals surface area contributed by atoms with Crippen LogP contribution < -0.4 is 14.8 Å². The highest BCUT2D eigenvalue weighted by Crippen LogP contribution is 2.21. The Morgan fingerprint density at radius 1 is 0.840 bits per heavy atom. The second kappa shape index (κ2) is 7.15. The Labute approximate surface area is 147 Å². The Balaban J connectivity index is 2.08. The summed E-state index contributed by atoms with van der Waals surface area (Å²) < 4.78 is 6.46. The second-order valence-corrected chi connectivity index (χ2v) is 8.76. The van der Waals surface area contributed by atoms with Crippen LogP contribution in [0, 0.1) is 10.1 Å². The number of nitrogens with zero attached hydrogens (tertiary/aromatic N) is 1. The van der Waals surface area contributed by atoms with E-state index in [1.165, 1.54) is 12.1 Å². The third-order valence-electron chi connectivity index (χ3n) is 4.02. The maximum atomic E-state index is 10.9. The van der Waals surface area contributed by atoms with Crippen molar-refractivity contribution in [1.82, 2.24) is 0 Å². The zero-order valence-electron chi connectivity index (χ0n) is 13.5. The standard InChI is InChI=1S/C20H17NO3Si/c1-2-25(19-9-5-3-6-10-19,20-11-7-4-8-12-20)24-18-15-13-17(14-16-18)21(22)23/h2-16H,1H2. The number of rotatable bonds is 6. The van der Waals surface area contributed by atoms with E-state index in [0.29, 0.717) is 5.75 Å². The molecule has 124 valence electrons. The van der Waals surface area contributed by atoms with Crippen LogP contribution in [0.1, 0.15) is 0 Å². The van der Waals surface area contributed by atoms with Crippen molar-refractivity contribution in [2.75, 3.05) is 0 Å². The third kappa shape index (κ3) is 3.36. The lowest BCUT2D eigenvalue weighted by Crippen LogP contribution is -2.62. The fourth-order valence-corrected chi connectivity index (χ4v) is 5.76. The summed E-state index contributed by atoms with van der Waals surface area (Å²) in [5.41, 5.74) is 1.93. The van der Waals surface area contributed by atoms with Crippen LogP contribution >= 0.6 is 0 Å². The molecule has 0 aromatic heterocycles. The van der Waals surface area contributed by atoms with E-state index in [-0.39, 0.29) is 5.69 Å². The minimum atomic E-state index is -2.71. The number of hydrogen-bond acceptors (Lipinski definition) is 3. The first-order valence-electron chi connectivity index (χ1n) is 7.84. The topological polar surface area (TPSA) is 52.4 Å². The lowest BCUT2D eigenvalue weighted by molar-refractivity contribution is -0.384. The summed E-state index contributed by atoms with van der Waals surface area (Å²) in [5, 5.41) is 13.0. The first-order chi connectivity index (χ1) is 12.2. The maximum absolute atomic E-state index is 10.9. The van der Waals surface area contributed by atoms with Crippen LogP contribution in [-0.2, 0) is 0 Å². The van der Waals surface area contributed by atoms with Crippen molar-refractivity contribution in [3.05, 3.63) is 107 Å². The largest absolute Gasteiger partial charge is 0.531 e. The van der Waals surface area contributed by atoms with E-state index in [4.69, 9.17) is 4.43 Å². The van der Waals surface area contributed by atoms with Crippen LogP contribution in [0.3, 0.4) is 0 Å². The Hall–Kier alpha value is -3.18. The Morgan fingerprint density at radius 2 is 1.32 bits per heavy atom. The molecule has 3 aromatic rings. The molecule has 0 unspecified atom stereocenters.